The van der Waals surface area contributed by atoms with Gasteiger partial charge in [0, 0.05) is 11.8 Å². The zero-order chi connectivity index (χ0) is 14.8. The molecule has 0 heterocycles. The Kier molecular flexibility index (Phi) is 4.27. The van der Waals surface area contributed by atoms with Crippen LogP contribution in [-0.2, 0) is 11.2 Å². The number of carbonyl (C=O) groups is 1. The highest BCUT2D eigenvalue weighted by atomic mass is 16.1. The first-order valence-electron chi connectivity index (χ1n) is 7.38. The van der Waals surface area contributed by atoms with Gasteiger partial charge in [-0.3, -0.25) is 4.79 Å². The largest absolute Gasteiger partial charge is 0.299 e. The van der Waals surface area contributed by atoms with Crippen molar-refractivity contribution in [2.45, 2.75) is 40.5 Å². The predicted molar refractivity (Wildman–Crippen MR) is 85.9 cm³/mol. The van der Waals surface area contributed by atoms with Gasteiger partial charge in [0.15, 0.2) is 0 Å². The number of benzene rings is 2. The van der Waals surface area contributed by atoms with Crippen LogP contribution in [0, 0.1) is 11.3 Å². The minimum Gasteiger partial charge on any atom is -0.299 e. The van der Waals surface area contributed by atoms with Crippen molar-refractivity contribution in [2.75, 3.05) is 0 Å². The maximum Gasteiger partial charge on any atom is 0.138 e. The number of rotatable bonds is 4. The van der Waals surface area contributed by atoms with E-state index in [1.54, 1.807) is 0 Å². The van der Waals surface area contributed by atoms with E-state index in [1.165, 1.54) is 16.3 Å². The summed E-state index contributed by atoms with van der Waals surface area (Å²) >= 11 is 0. The van der Waals surface area contributed by atoms with Gasteiger partial charge < -0.3 is 0 Å². The van der Waals surface area contributed by atoms with Crippen LogP contribution in [0.25, 0.3) is 10.8 Å². The van der Waals surface area contributed by atoms with Crippen LogP contribution < -0.4 is 0 Å². The summed E-state index contributed by atoms with van der Waals surface area (Å²) in [5.41, 5.74) is 1.12. The lowest BCUT2D eigenvalue weighted by molar-refractivity contribution is -0.127. The van der Waals surface area contributed by atoms with Gasteiger partial charge in [0.2, 0.25) is 0 Å². The van der Waals surface area contributed by atoms with E-state index >= 15 is 0 Å². The molecule has 0 aromatic heterocycles. The van der Waals surface area contributed by atoms with E-state index in [-0.39, 0.29) is 5.41 Å². The van der Waals surface area contributed by atoms with E-state index in [4.69, 9.17) is 0 Å². The Bertz CT molecular complexity index is 599. The zero-order valence-electron chi connectivity index (χ0n) is 12.9. The maximum atomic E-state index is 12.1. The Morgan fingerprint density at radius 2 is 1.70 bits per heavy atom. The summed E-state index contributed by atoms with van der Waals surface area (Å²) in [6, 6.07) is 14.9. The molecule has 0 aliphatic heterocycles. The Morgan fingerprint density at radius 1 is 1.05 bits per heavy atom. The van der Waals surface area contributed by atoms with Crippen LogP contribution in [0.1, 0.15) is 39.7 Å². The molecule has 0 saturated heterocycles. The van der Waals surface area contributed by atoms with Gasteiger partial charge in [-0.05, 0) is 28.7 Å². The standard InChI is InChI=1S/C19H24O/c1-14(13-18(20)19(2,3)4)12-16-10-7-9-15-8-5-6-11-17(15)16/h5-11,14H,12-13H2,1-4H3. The maximum absolute atomic E-state index is 12.1. The smallest absolute Gasteiger partial charge is 0.138 e. The number of ketones is 1. The van der Waals surface area contributed by atoms with E-state index in [2.05, 4.69) is 49.4 Å². The number of fused-ring (bicyclic) bond motifs is 1. The first-order chi connectivity index (χ1) is 9.38. The molecule has 2 aromatic rings. The minimum atomic E-state index is -0.229. The first-order valence-corrected chi connectivity index (χ1v) is 7.38. The summed E-state index contributed by atoms with van der Waals surface area (Å²) in [7, 11) is 0. The van der Waals surface area contributed by atoms with Gasteiger partial charge >= 0.3 is 0 Å². The Morgan fingerprint density at radius 3 is 2.40 bits per heavy atom. The molecule has 0 fully saturated rings. The number of carbonyl (C=O) groups excluding carboxylic acids is 1. The third-order valence-electron chi connectivity index (χ3n) is 3.82. The van der Waals surface area contributed by atoms with Gasteiger partial charge in [-0.15, -0.1) is 0 Å². The lowest BCUT2D eigenvalue weighted by Gasteiger charge is -2.20. The molecule has 0 aliphatic carbocycles. The highest BCUT2D eigenvalue weighted by Crippen LogP contribution is 2.25. The van der Waals surface area contributed by atoms with Crippen molar-refractivity contribution in [1.29, 1.82) is 0 Å². The van der Waals surface area contributed by atoms with Crippen LogP contribution in [0.3, 0.4) is 0 Å². The topological polar surface area (TPSA) is 17.1 Å². The summed E-state index contributed by atoms with van der Waals surface area (Å²) in [6.45, 7) is 8.17. The van der Waals surface area contributed by atoms with Gasteiger partial charge in [-0.1, -0.05) is 70.2 Å². The fourth-order valence-corrected chi connectivity index (χ4v) is 2.54. The van der Waals surface area contributed by atoms with Crippen LogP contribution >= 0.6 is 0 Å². The summed E-state index contributed by atoms with van der Waals surface area (Å²) < 4.78 is 0. The van der Waals surface area contributed by atoms with Crippen LogP contribution in [0.2, 0.25) is 0 Å². The molecule has 106 valence electrons. The van der Waals surface area contributed by atoms with Gasteiger partial charge in [0.25, 0.3) is 0 Å². The monoisotopic (exact) mass is 268 g/mol. The third-order valence-corrected chi connectivity index (χ3v) is 3.82. The molecule has 2 rings (SSSR count). The normalized spacial score (nSPS) is 13.4. The average Bonchev–Trinajstić information content (AvgIpc) is 2.38. The molecule has 0 aliphatic rings. The molecule has 2 aromatic carbocycles. The van der Waals surface area contributed by atoms with Gasteiger partial charge in [-0.2, -0.15) is 0 Å². The first kappa shape index (κ1) is 14.8. The van der Waals surface area contributed by atoms with E-state index in [9.17, 15) is 4.79 Å². The van der Waals surface area contributed by atoms with Crippen LogP contribution in [0.4, 0.5) is 0 Å². The van der Waals surface area contributed by atoms with E-state index in [0.29, 0.717) is 18.1 Å². The Balaban J connectivity index is 2.14. The fraction of sp³-hybridized carbons (Fsp3) is 0.421. The highest BCUT2D eigenvalue weighted by molar-refractivity contribution is 5.86. The van der Waals surface area contributed by atoms with Gasteiger partial charge in [0.05, 0.1) is 0 Å². The molecule has 0 bridgehead atoms. The Labute approximate surface area is 122 Å². The van der Waals surface area contributed by atoms with Crippen molar-refractivity contribution >= 4 is 16.6 Å². The molecule has 0 saturated carbocycles. The molecule has 0 amide bonds. The lowest BCUT2D eigenvalue weighted by atomic mass is 9.83. The second-order valence-corrected chi connectivity index (χ2v) is 6.82. The summed E-state index contributed by atoms with van der Waals surface area (Å²) in [5.74, 6) is 0.734. The molecule has 0 radical (unpaired) electrons. The van der Waals surface area contributed by atoms with Crippen LogP contribution in [-0.4, -0.2) is 5.78 Å². The minimum absolute atomic E-state index is 0.229. The molecule has 0 N–H and O–H groups in total. The average molecular weight is 268 g/mol. The summed E-state index contributed by atoms with van der Waals surface area (Å²) in [5, 5.41) is 2.59. The number of Topliss-reactive ketones (excluding diaryl/α,β-unsaturated/α-hetero) is 1. The van der Waals surface area contributed by atoms with Crippen LogP contribution in [0.15, 0.2) is 42.5 Å². The van der Waals surface area contributed by atoms with Crippen molar-refractivity contribution in [2.24, 2.45) is 11.3 Å². The Hall–Kier alpha value is -1.63. The van der Waals surface area contributed by atoms with Crippen LogP contribution in [0.5, 0.6) is 0 Å². The molecule has 1 atom stereocenters. The van der Waals surface area contributed by atoms with Crippen molar-refractivity contribution in [1.82, 2.24) is 0 Å². The van der Waals surface area contributed by atoms with Crippen molar-refractivity contribution < 1.29 is 4.79 Å². The number of hydrogen-bond donors (Lipinski definition) is 0. The van der Waals surface area contributed by atoms with Gasteiger partial charge in [-0.25, -0.2) is 0 Å². The molecule has 1 heteroatoms. The molecule has 1 unspecified atom stereocenters. The molecular formula is C19H24O. The zero-order valence-corrected chi connectivity index (χ0v) is 12.9. The quantitative estimate of drug-likeness (QED) is 0.760. The second-order valence-electron chi connectivity index (χ2n) is 6.82. The van der Waals surface area contributed by atoms with Crippen molar-refractivity contribution in [3.63, 3.8) is 0 Å². The molecule has 0 spiro atoms. The third kappa shape index (κ3) is 3.47. The molecular weight excluding hydrogens is 244 g/mol. The molecule has 1 nitrogen and oxygen atoms in total. The predicted octanol–water partition coefficient (Wildman–Crippen LogP) is 5.02. The highest BCUT2D eigenvalue weighted by Gasteiger charge is 2.23. The summed E-state index contributed by atoms with van der Waals surface area (Å²) in [6.07, 6.45) is 1.62. The second kappa shape index (κ2) is 5.78. The molecule has 20 heavy (non-hydrogen) atoms. The summed E-state index contributed by atoms with van der Waals surface area (Å²) in [4.78, 5) is 12.1. The SMILES string of the molecule is CC(CC(=O)C(C)(C)C)Cc1cccc2ccccc12. The van der Waals surface area contributed by atoms with Crippen molar-refractivity contribution in [3.8, 4) is 0 Å². The lowest BCUT2D eigenvalue weighted by Crippen LogP contribution is -2.22. The van der Waals surface area contributed by atoms with Gasteiger partial charge in [0.1, 0.15) is 5.78 Å². The van der Waals surface area contributed by atoms with E-state index in [0.717, 1.165) is 6.42 Å². The van der Waals surface area contributed by atoms with E-state index in [1.807, 2.05) is 20.8 Å². The fourth-order valence-electron chi connectivity index (χ4n) is 2.54. The van der Waals surface area contributed by atoms with Crippen molar-refractivity contribution in [3.05, 3.63) is 48.0 Å². The number of hydrogen-bond acceptors (Lipinski definition) is 1. The van der Waals surface area contributed by atoms with E-state index < -0.39 is 0 Å².